The van der Waals surface area contributed by atoms with Crippen molar-refractivity contribution in [2.45, 2.75) is 143 Å². The normalized spacial score (nSPS) is 19.6. The van der Waals surface area contributed by atoms with Crippen molar-refractivity contribution in [2.75, 3.05) is 0 Å². The molecule has 0 amide bonds. The van der Waals surface area contributed by atoms with Gasteiger partial charge < -0.3 is 0 Å². The van der Waals surface area contributed by atoms with Crippen molar-refractivity contribution in [3.05, 3.63) is 43.3 Å². The number of allylic oxidation sites excluding steroid dienone is 8. The summed E-state index contributed by atoms with van der Waals surface area (Å²) in [6.07, 6.45) is 8.19. The van der Waals surface area contributed by atoms with Crippen LogP contribution in [0.5, 0.6) is 0 Å². The van der Waals surface area contributed by atoms with Gasteiger partial charge in [0, 0.05) is 0 Å². The smallest absolute Gasteiger partial charge is 0.0778 e. The number of hydrogen-bond donors (Lipinski definition) is 0. The summed E-state index contributed by atoms with van der Waals surface area (Å²) in [5.74, 6) is 0. The molecule has 0 atom stereocenters. The third-order valence-electron chi connectivity index (χ3n) is 10.5. The van der Waals surface area contributed by atoms with Crippen molar-refractivity contribution in [3.63, 3.8) is 0 Å². The molecule has 0 spiro atoms. The van der Waals surface area contributed by atoms with Crippen molar-refractivity contribution in [2.24, 2.45) is 0 Å². The third-order valence-corrected chi connectivity index (χ3v) is 30.5. The summed E-state index contributed by atoms with van der Waals surface area (Å²) in [7, 11) is -7.71. The first-order chi connectivity index (χ1) is 15.2. The highest BCUT2D eigenvalue weighted by Crippen LogP contribution is 2.52. The van der Waals surface area contributed by atoms with Gasteiger partial charge in [0.25, 0.3) is 0 Å². The molecule has 200 valence electrons. The van der Waals surface area contributed by atoms with Crippen molar-refractivity contribution in [1.29, 1.82) is 0 Å². The topological polar surface area (TPSA) is 0 Å². The van der Waals surface area contributed by atoms with E-state index in [9.17, 15) is 0 Å². The third kappa shape index (κ3) is 5.74. The number of hydrogen-bond acceptors (Lipinski definition) is 0. The van der Waals surface area contributed by atoms with E-state index in [1.54, 1.807) is 0 Å². The van der Waals surface area contributed by atoms with Gasteiger partial charge in [0.1, 0.15) is 8.07 Å². The fraction of sp³-hybridized carbons (Fsp3) is 0.733. The van der Waals surface area contributed by atoms with Crippen LogP contribution < -0.4 is 0 Å². The summed E-state index contributed by atoms with van der Waals surface area (Å²) in [5, 5.41) is 11.9. The van der Waals surface area contributed by atoms with Gasteiger partial charge in [0.2, 0.25) is 0 Å². The molecule has 0 fully saturated rings. The van der Waals surface area contributed by atoms with Gasteiger partial charge in [-0.2, -0.15) is 0 Å². The molecule has 2 rings (SSSR count). The molecule has 0 aromatic carbocycles. The minimum atomic E-state index is -1.82. The molecule has 0 unspecified atom stereocenters. The highest BCUT2D eigenvalue weighted by molar-refractivity contribution is 6.98. The van der Waals surface area contributed by atoms with Crippen LogP contribution in [-0.2, 0) is 0 Å². The number of rotatable bonds is 6. The van der Waals surface area contributed by atoms with Gasteiger partial charge in [0.15, 0.2) is 0 Å². The van der Waals surface area contributed by atoms with Crippen LogP contribution in [0.15, 0.2) is 43.3 Å². The van der Waals surface area contributed by atoms with Gasteiger partial charge in [-0.1, -0.05) is 163 Å². The predicted octanol–water partition coefficient (Wildman–Crippen LogP) is 10.9. The predicted molar refractivity (Wildman–Crippen MR) is 178 cm³/mol. The van der Waals surface area contributed by atoms with Crippen LogP contribution in [0.2, 0.25) is 88.6 Å². The maximum absolute atomic E-state index is 2.81. The molecule has 0 aromatic rings. The Hall–Kier alpha value is 0.0444. The lowest BCUT2D eigenvalue weighted by Crippen LogP contribution is -2.40. The maximum Gasteiger partial charge on any atom is 0.111 e. The van der Waals surface area contributed by atoms with E-state index in [0.717, 1.165) is 0 Å². The Balaban J connectivity index is 2.81. The Morgan fingerprint density at radius 3 is 0.943 bits per heavy atom. The lowest BCUT2D eigenvalue weighted by Gasteiger charge is -2.39. The molecule has 0 N–H and O–H groups in total. The SMILES string of the molecule is CC(C)(C)[Si](C)(C)C1=CC([Si](C)(C)C2=C([Si](C)(C)C)CC([Si](C)(C)C(C)(C)C)=C2)=C([Si](C)(C)C)C1. The van der Waals surface area contributed by atoms with Crippen LogP contribution in [0.3, 0.4) is 0 Å². The van der Waals surface area contributed by atoms with Crippen LogP contribution in [0, 0.1) is 0 Å². The molecule has 0 saturated carbocycles. The zero-order valence-electron chi connectivity index (χ0n) is 27.1. The first kappa shape index (κ1) is 31.3. The molecule has 0 bridgehead atoms. The van der Waals surface area contributed by atoms with Crippen LogP contribution >= 0.6 is 0 Å². The van der Waals surface area contributed by atoms with Crippen molar-refractivity contribution >= 4 is 40.4 Å². The van der Waals surface area contributed by atoms with E-state index in [2.05, 4.69) is 132 Å². The minimum absolute atomic E-state index is 0.399. The quantitative estimate of drug-likeness (QED) is 0.283. The van der Waals surface area contributed by atoms with Crippen LogP contribution in [0.4, 0.5) is 0 Å². The summed E-state index contributed by atoms with van der Waals surface area (Å²) >= 11 is 0. The average molecular weight is 561 g/mol. The summed E-state index contributed by atoms with van der Waals surface area (Å²) in [6, 6.07) is 0. The second kappa shape index (κ2) is 9.06. The van der Waals surface area contributed by atoms with E-state index in [0.29, 0.717) is 10.1 Å². The molecular weight excluding hydrogens is 501 g/mol. The summed E-state index contributed by atoms with van der Waals surface area (Å²) in [6.45, 7) is 46.6. The monoisotopic (exact) mass is 560 g/mol. The highest BCUT2D eigenvalue weighted by atomic mass is 28.3. The summed E-state index contributed by atoms with van der Waals surface area (Å²) in [5.41, 5.74) is 0. The van der Waals surface area contributed by atoms with E-state index in [4.69, 9.17) is 0 Å². The first-order valence-electron chi connectivity index (χ1n) is 14.1. The van der Waals surface area contributed by atoms with E-state index in [1.165, 1.54) is 12.8 Å². The maximum atomic E-state index is 2.81. The fourth-order valence-corrected chi connectivity index (χ4v) is 20.8. The van der Waals surface area contributed by atoms with E-state index in [-0.39, 0.29) is 0 Å². The molecule has 2 aliphatic carbocycles. The van der Waals surface area contributed by atoms with Gasteiger partial charge in [-0.3, -0.25) is 0 Å². The molecule has 0 aromatic heterocycles. The van der Waals surface area contributed by atoms with Gasteiger partial charge in [0.05, 0.1) is 32.3 Å². The van der Waals surface area contributed by atoms with Crippen LogP contribution in [0.25, 0.3) is 0 Å². The molecule has 0 radical (unpaired) electrons. The zero-order chi connectivity index (χ0) is 27.8. The molecule has 5 heteroatoms. The summed E-state index contributed by atoms with van der Waals surface area (Å²) in [4.78, 5) is 0. The lowest BCUT2D eigenvalue weighted by atomic mass is 10.2. The molecule has 0 heterocycles. The Morgan fingerprint density at radius 2 is 0.743 bits per heavy atom. The van der Waals surface area contributed by atoms with Crippen LogP contribution in [-0.4, -0.2) is 40.4 Å². The lowest BCUT2D eigenvalue weighted by molar-refractivity contribution is 0.723. The van der Waals surface area contributed by atoms with Crippen molar-refractivity contribution < 1.29 is 0 Å². The Bertz CT molecular complexity index is 905. The highest BCUT2D eigenvalue weighted by Gasteiger charge is 2.48. The summed E-state index contributed by atoms with van der Waals surface area (Å²) < 4.78 is 0. The standard InChI is InChI=1S/C30H60Si5/c1-29(2,3)34(15,16)23-19-25(31(7,8)9)27(21-23)33(13,14)28-22-24(20-26(28)32(10,11)12)35(17,18)30(4,5)6/h21-22H,19-20H2,1-18H3. The van der Waals surface area contributed by atoms with E-state index >= 15 is 0 Å². The average Bonchev–Trinajstić information content (AvgIpc) is 3.25. The van der Waals surface area contributed by atoms with Gasteiger partial charge in [-0.15, -0.1) is 0 Å². The Morgan fingerprint density at radius 1 is 0.486 bits per heavy atom. The largest absolute Gasteiger partial charge is 0.111 e. The minimum Gasteiger partial charge on any atom is -0.0778 e. The van der Waals surface area contributed by atoms with Crippen molar-refractivity contribution in [1.82, 2.24) is 0 Å². The van der Waals surface area contributed by atoms with Crippen molar-refractivity contribution in [3.8, 4) is 0 Å². The van der Waals surface area contributed by atoms with Gasteiger partial charge in [-0.05, 0) is 22.9 Å². The van der Waals surface area contributed by atoms with E-state index < -0.39 is 40.4 Å². The molecule has 0 saturated heterocycles. The van der Waals surface area contributed by atoms with Gasteiger partial charge >= 0.3 is 0 Å². The molecular formula is C30H60Si5. The van der Waals surface area contributed by atoms with E-state index in [1.807, 2.05) is 31.2 Å². The first-order valence-corrected chi connectivity index (χ1v) is 30.1. The Labute approximate surface area is 225 Å². The molecule has 35 heavy (non-hydrogen) atoms. The van der Waals surface area contributed by atoms with Crippen LogP contribution in [0.1, 0.15) is 54.4 Å². The zero-order valence-corrected chi connectivity index (χ0v) is 32.1. The fourth-order valence-electron chi connectivity index (χ4n) is 5.56. The molecule has 2 aliphatic rings. The van der Waals surface area contributed by atoms with Gasteiger partial charge in [-0.25, -0.2) is 0 Å². The second-order valence-electron chi connectivity index (χ2n) is 17.4. The molecule has 0 nitrogen and oxygen atoms in total. The Kier molecular flexibility index (Phi) is 8.10. The second-order valence-corrected chi connectivity index (χ2v) is 42.7. The molecule has 0 aliphatic heterocycles.